The van der Waals surface area contributed by atoms with Crippen molar-refractivity contribution in [3.8, 4) is 5.75 Å². The van der Waals surface area contributed by atoms with E-state index in [1.54, 1.807) is 13.2 Å². The van der Waals surface area contributed by atoms with Gasteiger partial charge < -0.3 is 10.1 Å². The molecule has 0 aromatic heterocycles. The average molecular weight is 364 g/mol. The molecule has 0 aliphatic heterocycles. The van der Waals surface area contributed by atoms with E-state index in [2.05, 4.69) is 23.5 Å². The molecule has 0 bridgehead atoms. The number of nitrogens with one attached hydrogen (secondary N) is 1. The van der Waals surface area contributed by atoms with Gasteiger partial charge in [0.15, 0.2) is 0 Å². The Hall–Kier alpha value is -1.58. The Balaban J connectivity index is 0.00000225. The van der Waals surface area contributed by atoms with E-state index in [1.165, 1.54) is 30.0 Å². The van der Waals surface area contributed by atoms with Crippen molar-refractivity contribution >= 4 is 12.4 Å². The van der Waals surface area contributed by atoms with Crippen LogP contribution in [0.15, 0.2) is 42.5 Å². The van der Waals surface area contributed by atoms with E-state index in [0.29, 0.717) is 11.8 Å². The molecule has 0 radical (unpaired) electrons. The summed E-state index contributed by atoms with van der Waals surface area (Å²) in [4.78, 5) is 0. The highest BCUT2D eigenvalue weighted by molar-refractivity contribution is 5.85. The quantitative estimate of drug-likeness (QED) is 0.773. The first-order valence-electron chi connectivity index (χ1n) is 8.78. The molecule has 25 heavy (non-hydrogen) atoms. The van der Waals surface area contributed by atoms with Crippen LogP contribution in [-0.4, -0.2) is 20.7 Å². The first-order valence-corrected chi connectivity index (χ1v) is 8.78. The number of benzene rings is 2. The van der Waals surface area contributed by atoms with E-state index in [4.69, 9.17) is 4.74 Å². The maximum atomic E-state index is 13.6. The summed E-state index contributed by atoms with van der Waals surface area (Å²) in [7, 11) is 3.68. The first-order chi connectivity index (χ1) is 11.7. The summed E-state index contributed by atoms with van der Waals surface area (Å²) in [6.07, 6.45) is 4.58. The number of likely N-dealkylation sites (N-methyl/N-ethyl adjacent to an activating group) is 1. The maximum Gasteiger partial charge on any atom is 0.123 e. The Morgan fingerprint density at radius 3 is 2.80 bits per heavy atom. The Labute approximate surface area is 156 Å². The van der Waals surface area contributed by atoms with Gasteiger partial charge in [0.1, 0.15) is 11.6 Å². The predicted octanol–water partition coefficient (Wildman–Crippen LogP) is 5.07. The van der Waals surface area contributed by atoms with Gasteiger partial charge in [-0.1, -0.05) is 18.2 Å². The minimum Gasteiger partial charge on any atom is -0.497 e. The minimum atomic E-state index is -0.151. The van der Waals surface area contributed by atoms with Gasteiger partial charge in [-0.05, 0) is 85.5 Å². The highest BCUT2D eigenvalue weighted by atomic mass is 35.5. The fraction of sp³-hybridized carbons (Fsp3) is 0.429. The molecule has 3 rings (SSSR count). The van der Waals surface area contributed by atoms with Crippen molar-refractivity contribution in [2.45, 2.75) is 37.5 Å². The molecule has 0 amide bonds. The van der Waals surface area contributed by atoms with Gasteiger partial charge in [-0.3, -0.25) is 0 Å². The second-order valence-corrected chi connectivity index (χ2v) is 6.70. The number of halogens is 2. The maximum absolute atomic E-state index is 13.6. The topological polar surface area (TPSA) is 21.3 Å². The van der Waals surface area contributed by atoms with E-state index in [0.717, 1.165) is 30.7 Å². The number of fused-ring (bicyclic) bond motifs is 1. The molecule has 0 heterocycles. The minimum absolute atomic E-state index is 0. The Bertz CT molecular complexity index is 691. The van der Waals surface area contributed by atoms with E-state index in [-0.39, 0.29) is 18.2 Å². The van der Waals surface area contributed by atoms with Gasteiger partial charge in [-0.15, -0.1) is 12.4 Å². The zero-order valence-electron chi connectivity index (χ0n) is 14.9. The number of hydrogen-bond acceptors (Lipinski definition) is 2. The zero-order valence-corrected chi connectivity index (χ0v) is 15.7. The molecule has 0 spiro atoms. The second-order valence-electron chi connectivity index (χ2n) is 6.70. The van der Waals surface area contributed by atoms with Crippen LogP contribution in [0.25, 0.3) is 0 Å². The molecule has 2 unspecified atom stereocenters. The van der Waals surface area contributed by atoms with Crippen LogP contribution in [0, 0.1) is 5.82 Å². The zero-order chi connectivity index (χ0) is 16.9. The standard InChI is InChI=1S/C21H26FNO.ClH/c1-23-14-18(15-5-4-8-19(22)12-15)11-16-6-3-7-17-13-20(24-2)9-10-21(16)17;/h4-5,8-10,12-13,16,18,23H,3,6-7,11,14H2,1-2H3;1H. The summed E-state index contributed by atoms with van der Waals surface area (Å²) in [6, 6.07) is 13.5. The largest absolute Gasteiger partial charge is 0.497 e. The van der Waals surface area contributed by atoms with Crippen LogP contribution < -0.4 is 10.1 Å². The van der Waals surface area contributed by atoms with Crippen LogP contribution >= 0.6 is 12.4 Å². The van der Waals surface area contributed by atoms with Gasteiger partial charge in [0.2, 0.25) is 0 Å². The monoisotopic (exact) mass is 363 g/mol. The number of aryl methyl sites for hydroxylation is 1. The van der Waals surface area contributed by atoms with Crippen molar-refractivity contribution in [2.75, 3.05) is 20.7 Å². The van der Waals surface area contributed by atoms with Gasteiger partial charge in [-0.25, -0.2) is 4.39 Å². The normalized spacial score (nSPS) is 17.3. The summed E-state index contributed by atoms with van der Waals surface area (Å²) >= 11 is 0. The lowest BCUT2D eigenvalue weighted by Crippen LogP contribution is -2.21. The summed E-state index contributed by atoms with van der Waals surface area (Å²) < 4.78 is 19.0. The summed E-state index contributed by atoms with van der Waals surface area (Å²) in [5.74, 6) is 1.64. The van der Waals surface area contributed by atoms with Crippen LogP contribution in [-0.2, 0) is 6.42 Å². The fourth-order valence-corrected chi connectivity index (χ4v) is 3.95. The molecular formula is C21H27ClFNO. The lowest BCUT2D eigenvalue weighted by Gasteiger charge is -2.29. The van der Waals surface area contributed by atoms with E-state index >= 15 is 0 Å². The lowest BCUT2D eigenvalue weighted by molar-refractivity contribution is 0.411. The van der Waals surface area contributed by atoms with E-state index < -0.39 is 0 Å². The van der Waals surface area contributed by atoms with Crippen LogP contribution in [0.1, 0.15) is 47.8 Å². The number of hydrogen-bond donors (Lipinski definition) is 1. The number of methoxy groups -OCH3 is 1. The highest BCUT2D eigenvalue weighted by Crippen LogP contribution is 2.39. The van der Waals surface area contributed by atoms with Crippen molar-refractivity contribution in [1.82, 2.24) is 5.32 Å². The van der Waals surface area contributed by atoms with E-state index in [1.807, 2.05) is 19.2 Å². The van der Waals surface area contributed by atoms with Crippen molar-refractivity contribution in [3.05, 3.63) is 65.0 Å². The van der Waals surface area contributed by atoms with Gasteiger partial charge >= 0.3 is 0 Å². The Morgan fingerprint density at radius 2 is 2.08 bits per heavy atom. The third kappa shape index (κ3) is 4.74. The molecule has 136 valence electrons. The Morgan fingerprint density at radius 1 is 1.24 bits per heavy atom. The molecule has 0 saturated heterocycles. The SMILES string of the molecule is CNCC(CC1CCCc2cc(OC)ccc21)c1cccc(F)c1.Cl. The molecule has 2 aromatic rings. The molecule has 0 fully saturated rings. The van der Waals surface area contributed by atoms with Crippen molar-refractivity contribution in [1.29, 1.82) is 0 Å². The van der Waals surface area contributed by atoms with Crippen LogP contribution in [0.3, 0.4) is 0 Å². The van der Waals surface area contributed by atoms with Crippen LogP contribution in [0.4, 0.5) is 4.39 Å². The van der Waals surface area contributed by atoms with Gasteiger partial charge in [0, 0.05) is 6.54 Å². The molecule has 4 heteroatoms. The van der Waals surface area contributed by atoms with Gasteiger partial charge in [0.25, 0.3) is 0 Å². The molecule has 2 nitrogen and oxygen atoms in total. The molecule has 1 aliphatic carbocycles. The molecular weight excluding hydrogens is 337 g/mol. The number of rotatable bonds is 6. The average Bonchev–Trinajstić information content (AvgIpc) is 2.61. The molecule has 1 N–H and O–H groups in total. The first kappa shape index (κ1) is 19.7. The van der Waals surface area contributed by atoms with Crippen LogP contribution in [0.2, 0.25) is 0 Å². The summed E-state index contributed by atoms with van der Waals surface area (Å²) in [6.45, 7) is 0.867. The third-order valence-electron chi connectivity index (χ3n) is 5.13. The van der Waals surface area contributed by atoms with E-state index in [9.17, 15) is 4.39 Å². The van der Waals surface area contributed by atoms with Crippen LogP contribution in [0.5, 0.6) is 5.75 Å². The fourth-order valence-electron chi connectivity index (χ4n) is 3.95. The lowest BCUT2D eigenvalue weighted by atomic mass is 9.76. The molecule has 2 aromatic carbocycles. The summed E-state index contributed by atoms with van der Waals surface area (Å²) in [5.41, 5.74) is 3.94. The van der Waals surface area contributed by atoms with Crippen molar-refractivity contribution in [3.63, 3.8) is 0 Å². The van der Waals surface area contributed by atoms with Crippen molar-refractivity contribution in [2.24, 2.45) is 0 Å². The van der Waals surface area contributed by atoms with Gasteiger partial charge in [-0.2, -0.15) is 0 Å². The van der Waals surface area contributed by atoms with Gasteiger partial charge in [0.05, 0.1) is 7.11 Å². The summed E-state index contributed by atoms with van der Waals surface area (Å²) in [5, 5.41) is 3.28. The number of ether oxygens (including phenoxy) is 1. The highest BCUT2D eigenvalue weighted by Gasteiger charge is 2.24. The molecule has 1 aliphatic rings. The molecule has 0 saturated carbocycles. The third-order valence-corrected chi connectivity index (χ3v) is 5.13. The van der Waals surface area contributed by atoms with Crippen molar-refractivity contribution < 1.29 is 9.13 Å². The molecule has 2 atom stereocenters. The smallest absolute Gasteiger partial charge is 0.123 e. The Kier molecular flexibility index (Phi) is 7.27. The predicted molar refractivity (Wildman–Crippen MR) is 104 cm³/mol. The second kappa shape index (κ2) is 9.21.